The van der Waals surface area contributed by atoms with Gasteiger partial charge in [0.15, 0.2) is 0 Å². The smallest absolute Gasteiger partial charge is 0.307 e. The van der Waals surface area contributed by atoms with E-state index >= 15 is 0 Å². The number of esters is 2. The first-order chi connectivity index (χ1) is 23.1. The van der Waals surface area contributed by atoms with Crippen LogP contribution in [0.3, 0.4) is 0 Å². The van der Waals surface area contributed by atoms with E-state index in [0.29, 0.717) is 31.5 Å². The van der Waals surface area contributed by atoms with Gasteiger partial charge in [0.25, 0.3) is 0 Å². The molecule has 8 heteroatoms. The molecule has 0 saturated heterocycles. The molecule has 1 heterocycles. The molecule has 0 spiro atoms. The Bertz CT molecular complexity index is 910. The van der Waals surface area contributed by atoms with Gasteiger partial charge in [-0.25, -0.2) is 4.98 Å². The van der Waals surface area contributed by atoms with Crippen LogP contribution in [0.2, 0.25) is 0 Å². The molecule has 2 bridgehead atoms. The lowest BCUT2D eigenvalue weighted by Gasteiger charge is -2.61. The van der Waals surface area contributed by atoms with E-state index in [1.807, 2.05) is 30.5 Å². The number of thioether (sulfide) groups is 1. The normalized spacial score (nSPS) is 18.2. The molecule has 4 rings (SSSR count). The van der Waals surface area contributed by atoms with Crippen LogP contribution in [0.4, 0.5) is 0 Å². The van der Waals surface area contributed by atoms with E-state index in [4.69, 9.17) is 9.47 Å². The van der Waals surface area contributed by atoms with Crippen molar-refractivity contribution < 1.29 is 19.1 Å². The molecule has 47 heavy (non-hydrogen) atoms. The van der Waals surface area contributed by atoms with Crippen molar-refractivity contribution in [2.75, 3.05) is 44.4 Å². The van der Waals surface area contributed by atoms with E-state index in [2.05, 4.69) is 21.4 Å². The molecule has 0 aliphatic heterocycles. The number of rotatable bonds is 33. The van der Waals surface area contributed by atoms with Crippen molar-refractivity contribution in [1.29, 1.82) is 0 Å². The highest BCUT2D eigenvalue weighted by Gasteiger charge is 2.57. The molecule has 0 unspecified atom stereocenters. The SMILES string of the molecule is CCCCCCCCCCCCCCSCCOC(=O)CCN(CCCCCCCC(=O)OCC12CC(C1)C2)CCCn1ccnc1. The quantitative estimate of drug-likeness (QED) is 0.0543. The van der Waals surface area contributed by atoms with E-state index in [1.54, 1.807) is 0 Å². The molecule has 0 atom stereocenters. The Hall–Kier alpha value is -1.54. The fourth-order valence-corrected chi connectivity index (χ4v) is 8.00. The predicted molar refractivity (Wildman–Crippen MR) is 196 cm³/mol. The lowest BCUT2D eigenvalue weighted by molar-refractivity contribution is -0.174. The second-order valence-electron chi connectivity index (χ2n) is 14.6. The highest BCUT2D eigenvalue weighted by Crippen LogP contribution is 2.64. The summed E-state index contributed by atoms with van der Waals surface area (Å²) in [6.45, 7) is 7.12. The van der Waals surface area contributed by atoms with Gasteiger partial charge in [0.1, 0.15) is 6.61 Å². The van der Waals surface area contributed by atoms with Crippen LogP contribution in [0.5, 0.6) is 0 Å². The first kappa shape index (κ1) is 39.9. The number of imidazole rings is 1. The molecular weight excluding hydrogens is 607 g/mol. The number of aryl methyl sites for hydroxylation is 1. The second-order valence-corrected chi connectivity index (χ2v) is 15.8. The van der Waals surface area contributed by atoms with Crippen molar-refractivity contribution in [2.45, 2.75) is 161 Å². The third kappa shape index (κ3) is 18.7. The zero-order valence-corrected chi connectivity index (χ0v) is 30.9. The molecule has 0 amide bonds. The van der Waals surface area contributed by atoms with Gasteiger partial charge in [0.05, 0.1) is 19.4 Å². The van der Waals surface area contributed by atoms with Crippen molar-refractivity contribution in [2.24, 2.45) is 11.3 Å². The zero-order valence-electron chi connectivity index (χ0n) is 30.1. The number of hydrogen-bond donors (Lipinski definition) is 0. The molecule has 270 valence electrons. The molecular formula is C39H69N3O4S. The average molecular weight is 676 g/mol. The summed E-state index contributed by atoms with van der Waals surface area (Å²) in [4.78, 5) is 31.1. The van der Waals surface area contributed by atoms with Gasteiger partial charge >= 0.3 is 11.9 Å². The molecule has 0 N–H and O–H groups in total. The highest BCUT2D eigenvalue weighted by molar-refractivity contribution is 7.99. The third-order valence-electron chi connectivity index (χ3n) is 10.3. The Labute approximate surface area is 292 Å². The van der Waals surface area contributed by atoms with Gasteiger partial charge in [-0.3, -0.25) is 9.59 Å². The van der Waals surface area contributed by atoms with Crippen molar-refractivity contribution in [3.63, 3.8) is 0 Å². The molecule has 1 aromatic rings. The number of carbonyl (C=O) groups is 2. The van der Waals surface area contributed by atoms with Crippen LogP contribution in [-0.2, 0) is 25.6 Å². The maximum Gasteiger partial charge on any atom is 0.307 e. The minimum Gasteiger partial charge on any atom is -0.465 e. The first-order valence-electron chi connectivity index (χ1n) is 19.7. The van der Waals surface area contributed by atoms with Gasteiger partial charge in [-0.05, 0) is 69.7 Å². The van der Waals surface area contributed by atoms with Crippen LogP contribution in [0.15, 0.2) is 18.7 Å². The molecule has 3 saturated carbocycles. The van der Waals surface area contributed by atoms with E-state index < -0.39 is 0 Å². The molecule has 3 aliphatic rings. The van der Waals surface area contributed by atoms with Crippen molar-refractivity contribution in [1.82, 2.24) is 14.5 Å². The maximum atomic E-state index is 12.5. The lowest BCUT2D eigenvalue weighted by Crippen LogP contribution is -2.54. The minimum atomic E-state index is -0.0727. The molecule has 7 nitrogen and oxygen atoms in total. The Balaban J connectivity index is 1.13. The molecule has 3 fully saturated rings. The number of carbonyl (C=O) groups excluding carboxylic acids is 2. The molecule has 0 aromatic carbocycles. The van der Waals surface area contributed by atoms with Gasteiger partial charge < -0.3 is 18.9 Å². The Morgan fingerprint density at radius 1 is 0.745 bits per heavy atom. The monoisotopic (exact) mass is 676 g/mol. The number of aromatic nitrogens is 2. The third-order valence-corrected chi connectivity index (χ3v) is 11.3. The number of hydrogen-bond acceptors (Lipinski definition) is 7. The largest absolute Gasteiger partial charge is 0.465 e. The van der Waals surface area contributed by atoms with Crippen LogP contribution in [0.1, 0.15) is 155 Å². The van der Waals surface area contributed by atoms with Crippen LogP contribution < -0.4 is 0 Å². The van der Waals surface area contributed by atoms with Gasteiger partial charge in [-0.1, -0.05) is 96.8 Å². The van der Waals surface area contributed by atoms with Crippen LogP contribution in [-0.4, -0.2) is 70.7 Å². The number of unbranched alkanes of at least 4 members (excludes halogenated alkanes) is 15. The van der Waals surface area contributed by atoms with Crippen LogP contribution in [0.25, 0.3) is 0 Å². The van der Waals surface area contributed by atoms with E-state index in [9.17, 15) is 9.59 Å². The van der Waals surface area contributed by atoms with Gasteiger partial charge in [-0.2, -0.15) is 11.8 Å². The topological polar surface area (TPSA) is 73.7 Å². The summed E-state index contributed by atoms with van der Waals surface area (Å²) in [5.74, 6) is 2.92. The predicted octanol–water partition coefficient (Wildman–Crippen LogP) is 9.63. The lowest BCUT2D eigenvalue weighted by atomic mass is 9.45. The summed E-state index contributed by atoms with van der Waals surface area (Å²) in [6.07, 6.45) is 33.6. The summed E-state index contributed by atoms with van der Waals surface area (Å²) in [5.41, 5.74) is 0.381. The summed E-state index contributed by atoms with van der Waals surface area (Å²) in [6, 6.07) is 0. The van der Waals surface area contributed by atoms with Crippen LogP contribution >= 0.6 is 11.8 Å². The van der Waals surface area contributed by atoms with Crippen molar-refractivity contribution >= 4 is 23.7 Å². The zero-order chi connectivity index (χ0) is 33.3. The molecule has 1 aromatic heterocycles. The average Bonchev–Trinajstić information content (AvgIpc) is 3.55. The van der Waals surface area contributed by atoms with Gasteiger partial charge in [0.2, 0.25) is 0 Å². The summed E-state index contributed by atoms with van der Waals surface area (Å²) in [5, 5.41) is 0. The first-order valence-corrected chi connectivity index (χ1v) is 20.8. The van der Waals surface area contributed by atoms with E-state index in [1.165, 1.54) is 102 Å². The minimum absolute atomic E-state index is 0.0103. The highest BCUT2D eigenvalue weighted by atomic mass is 32.2. The van der Waals surface area contributed by atoms with E-state index in [-0.39, 0.29) is 11.9 Å². The Morgan fingerprint density at radius 3 is 2.00 bits per heavy atom. The van der Waals surface area contributed by atoms with Gasteiger partial charge in [-0.15, -0.1) is 0 Å². The number of ether oxygens (including phenoxy) is 2. The van der Waals surface area contributed by atoms with Crippen molar-refractivity contribution in [3.05, 3.63) is 18.7 Å². The maximum absolute atomic E-state index is 12.5. The summed E-state index contributed by atoms with van der Waals surface area (Å²) in [7, 11) is 0. The standard InChI is InChI=1S/C39H69N3O4S/c1-2-3-4-5-6-7-8-9-10-11-15-18-29-47-30-28-45-38(44)21-26-41(24-19-25-42-27-22-40-35-42)23-17-14-12-13-16-20-37(43)46-34-39-31-36(32-39)33-39/h22,27,35-36H,2-21,23-26,28-34H2,1H3. The Morgan fingerprint density at radius 2 is 1.36 bits per heavy atom. The summed E-state index contributed by atoms with van der Waals surface area (Å²) >= 11 is 1.92. The van der Waals surface area contributed by atoms with E-state index in [0.717, 1.165) is 76.4 Å². The van der Waals surface area contributed by atoms with Gasteiger partial charge in [0, 0.05) is 43.1 Å². The fourth-order valence-electron chi connectivity index (χ4n) is 7.19. The van der Waals surface area contributed by atoms with Crippen molar-refractivity contribution in [3.8, 4) is 0 Å². The fraction of sp³-hybridized carbons (Fsp3) is 0.872. The number of nitrogens with zero attached hydrogens (tertiary/aromatic N) is 3. The summed E-state index contributed by atoms with van der Waals surface area (Å²) < 4.78 is 13.2. The Kier molecular flexibility index (Phi) is 21.6. The van der Waals surface area contributed by atoms with Crippen LogP contribution in [0, 0.1) is 11.3 Å². The molecule has 3 aliphatic carbocycles. The second kappa shape index (κ2) is 25.4. The molecule has 0 radical (unpaired) electrons.